The molecule has 2 saturated carbocycles. The zero-order valence-electron chi connectivity index (χ0n) is 11.0. The zero-order valence-corrected chi connectivity index (χ0v) is 11.0. The van der Waals surface area contributed by atoms with Crippen molar-refractivity contribution in [2.45, 2.75) is 31.8 Å². The van der Waals surface area contributed by atoms with Crippen LogP contribution in [0.4, 0.5) is 0 Å². The van der Waals surface area contributed by atoms with E-state index >= 15 is 0 Å². The van der Waals surface area contributed by atoms with Gasteiger partial charge in [0, 0.05) is 12.5 Å². The molecule has 3 rings (SSSR count). The summed E-state index contributed by atoms with van der Waals surface area (Å²) in [5.41, 5.74) is 5.56. The van der Waals surface area contributed by atoms with Gasteiger partial charge in [-0.15, -0.1) is 0 Å². The second kappa shape index (κ2) is 5.00. The van der Waals surface area contributed by atoms with E-state index in [1.807, 2.05) is 4.90 Å². The Morgan fingerprint density at radius 1 is 1.37 bits per heavy atom. The fourth-order valence-corrected chi connectivity index (χ4v) is 3.87. The van der Waals surface area contributed by atoms with E-state index in [0.717, 1.165) is 12.3 Å². The molecule has 6 nitrogen and oxygen atoms in total. The second-order valence-corrected chi connectivity index (χ2v) is 5.95. The summed E-state index contributed by atoms with van der Waals surface area (Å²) in [6.07, 6.45) is 4.31. The van der Waals surface area contributed by atoms with Crippen molar-refractivity contribution in [2.24, 2.45) is 28.6 Å². The number of rotatable bonds is 2. The van der Waals surface area contributed by atoms with Gasteiger partial charge in [0.05, 0.1) is 13.2 Å². The summed E-state index contributed by atoms with van der Waals surface area (Å²) >= 11 is 0. The van der Waals surface area contributed by atoms with Crippen LogP contribution in [-0.2, 0) is 9.53 Å². The van der Waals surface area contributed by atoms with Crippen molar-refractivity contribution >= 4 is 11.7 Å². The molecule has 0 spiro atoms. The molecule has 0 aromatic carbocycles. The molecule has 6 heteroatoms. The maximum atomic E-state index is 12.6. The molecule has 1 saturated heterocycles. The number of amidine groups is 1. The first-order chi connectivity index (χ1) is 9.19. The number of morpholine rings is 1. The van der Waals surface area contributed by atoms with Crippen LogP contribution in [0.5, 0.6) is 0 Å². The summed E-state index contributed by atoms with van der Waals surface area (Å²) in [7, 11) is 0. The van der Waals surface area contributed by atoms with Crippen molar-refractivity contribution in [3.8, 4) is 0 Å². The number of amides is 1. The number of nitrogens with two attached hydrogens (primary N) is 1. The van der Waals surface area contributed by atoms with Crippen LogP contribution >= 0.6 is 0 Å². The first-order valence-electron chi connectivity index (χ1n) is 7.07. The van der Waals surface area contributed by atoms with E-state index < -0.39 is 6.10 Å². The van der Waals surface area contributed by atoms with Gasteiger partial charge in [0.25, 0.3) is 0 Å². The number of carbonyl (C=O) groups is 1. The molecule has 0 aromatic heterocycles. The van der Waals surface area contributed by atoms with E-state index in [4.69, 9.17) is 15.7 Å². The first-order valence-corrected chi connectivity index (χ1v) is 7.07. The lowest BCUT2D eigenvalue weighted by molar-refractivity contribution is -0.142. The van der Waals surface area contributed by atoms with Crippen LogP contribution < -0.4 is 5.73 Å². The average molecular weight is 267 g/mol. The van der Waals surface area contributed by atoms with Crippen LogP contribution in [0.15, 0.2) is 5.16 Å². The van der Waals surface area contributed by atoms with Crippen molar-refractivity contribution in [3.05, 3.63) is 0 Å². The molecule has 2 aliphatic carbocycles. The number of nitrogens with zero attached hydrogens (tertiary/aromatic N) is 2. The van der Waals surface area contributed by atoms with Crippen LogP contribution in [0.1, 0.15) is 25.7 Å². The lowest BCUT2D eigenvalue weighted by Crippen LogP contribution is -2.52. The van der Waals surface area contributed by atoms with Gasteiger partial charge < -0.3 is 20.6 Å². The Morgan fingerprint density at radius 3 is 2.84 bits per heavy atom. The largest absolute Gasteiger partial charge is 0.409 e. The predicted octanol–water partition coefficient (Wildman–Crippen LogP) is 0.396. The van der Waals surface area contributed by atoms with E-state index in [0.29, 0.717) is 25.6 Å². The highest BCUT2D eigenvalue weighted by molar-refractivity contribution is 5.86. The first kappa shape index (κ1) is 12.7. The number of carbonyl (C=O) groups excluding carboxylic acids is 1. The lowest BCUT2D eigenvalue weighted by atomic mass is 9.87. The molecule has 4 atom stereocenters. The third-order valence-corrected chi connectivity index (χ3v) is 4.88. The van der Waals surface area contributed by atoms with E-state index in [1.54, 1.807) is 0 Å². The van der Waals surface area contributed by atoms with Gasteiger partial charge in [-0.25, -0.2) is 0 Å². The summed E-state index contributed by atoms with van der Waals surface area (Å²) in [6, 6.07) is 0. The molecular formula is C13H21N3O3. The Kier molecular flexibility index (Phi) is 3.35. The fourth-order valence-electron chi connectivity index (χ4n) is 3.87. The minimum absolute atomic E-state index is 0.0467. The van der Waals surface area contributed by atoms with Crippen LogP contribution in [0.2, 0.25) is 0 Å². The third-order valence-electron chi connectivity index (χ3n) is 4.88. The Hall–Kier alpha value is -1.30. The highest BCUT2D eigenvalue weighted by Gasteiger charge is 2.45. The number of ether oxygens (including phenoxy) is 1. The van der Waals surface area contributed by atoms with Gasteiger partial charge in [-0.2, -0.15) is 0 Å². The molecule has 1 amide bonds. The van der Waals surface area contributed by atoms with E-state index in [-0.39, 0.29) is 17.7 Å². The van der Waals surface area contributed by atoms with Gasteiger partial charge in [-0.1, -0.05) is 11.6 Å². The van der Waals surface area contributed by atoms with E-state index in [1.165, 1.54) is 19.3 Å². The fraction of sp³-hybridized carbons (Fsp3) is 0.846. The normalized spacial score (nSPS) is 38.7. The maximum Gasteiger partial charge on any atom is 0.226 e. The summed E-state index contributed by atoms with van der Waals surface area (Å²) in [4.78, 5) is 14.4. The van der Waals surface area contributed by atoms with Gasteiger partial charge in [0.2, 0.25) is 5.91 Å². The Labute approximate surface area is 112 Å². The predicted molar refractivity (Wildman–Crippen MR) is 68.7 cm³/mol. The van der Waals surface area contributed by atoms with Crippen LogP contribution in [-0.4, -0.2) is 47.7 Å². The molecule has 0 aromatic rings. The summed E-state index contributed by atoms with van der Waals surface area (Å²) in [6.45, 7) is 1.47. The molecule has 3 N–H and O–H groups in total. The number of oxime groups is 1. The highest BCUT2D eigenvalue weighted by Crippen LogP contribution is 2.48. The van der Waals surface area contributed by atoms with Gasteiger partial charge >= 0.3 is 0 Å². The topological polar surface area (TPSA) is 88.2 Å². The Balaban J connectivity index is 1.63. The van der Waals surface area contributed by atoms with Crippen molar-refractivity contribution in [3.63, 3.8) is 0 Å². The monoisotopic (exact) mass is 267 g/mol. The van der Waals surface area contributed by atoms with Crippen molar-refractivity contribution in [1.29, 1.82) is 0 Å². The maximum absolute atomic E-state index is 12.6. The summed E-state index contributed by atoms with van der Waals surface area (Å²) in [5, 5.41) is 11.7. The lowest BCUT2D eigenvalue weighted by Gasteiger charge is -2.35. The number of hydrogen-bond donors (Lipinski definition) is 2. The molecule has 19 heavy (non-hydrogen) atoms. The van der Waals surface area contributed by atoms with E-state index in [2.05, 4.69) is 5.16 Å². The second-order valence-electron chi connectivity index (χ2n) is 5.95. The SMILES string of the molecule is NC(=NO)C1CN(C(=O)C2CC3CCC2C3)CCO1. The van der Waals surface area contributed by atoms with Crippen molar-refractivity contribution < 1.29 is 14.7 Å². The quantitative estimate of drug-likeness (QED) is 0.328. The molecule has 3 aliphatic rings. The third kappa shape index (κ3) is 2.29. The molecular weight excluding hydrogens is 246 g/mol. The molecule has 1 aliphatic heterocycles. The highest BCUT2D eigenvalue weighted by atomic mass is 16.5. The van der Waals surface area contributed by atoms with Gasteiger partial charge in [0.1, 0.15) is 6.10 Å². The Morgan fingerprint density at radius 2 is 2.21 bits per heavy atom. The smallest absolute Gasteiger partial charge is 0.226 e. The van der Waals surface area contributed by atoms with Gasteiger partial charge in [-0.3, -0.25) is 4.79 Å². The molecule has 1 heterocycles. The van der Waals surface area contributed by atoms with Crippen LogP contribution in [0.25, 0.3) is 0 Å². The minimum atomic E-state index is -0.471. The minimum Gasteiger partial charge on any atom is -0.409 e. The zero-order chi connectivity index (χ0) is 13.4. The van der Waals surface area contributed by atoms with Crippen LogP contribution in [0, 0.1) is 17.8 Å². The van der Waals surface area contributed by atoms with Crippen molar-refractivity contribution in [2.75, 3.05) is 19.7 Å². The molecule has 2 bridgehead atoms. The van der Waals surface area contributed by atoms with Gasteiger partial charge in [-0.05, 0) is 31.1 Å². The van der Waals surface area contributed by atoms with Crippen molar-refractivity contribution in [1.82, 2.24) is 4.90 Å². The average Bonchev–Trinajstić information content (AvgIpc) is 3.08. The van der Waals surface area contributed by atoms with Gasteiger partial charge in [0.15, 0.2) is 5.84 Å². The summed E-state index contributed by atoms with van der Waals surface area (Å²) < 4.78 is 5.43. The van der Waals surface area contributed by atoms with E-state index in [9.17, 15) is 4.79 Å². The molecule has 4 unspecified atom stereocenters. The Bertz CT molecular complexity index is 399. The number of hydrogen-bond acceptors (Lipinski definition) is 4. The molecule has 3 fully saturated rings. The standard InChI is InChI=1S/C13H21N3O3/c14-12(15-18)11-7-16(3-4-19-11)13(17)10-6-8-1-2-9(10)5-8/h8-11,18H,1-7H2,(H2,14,15). The summed E-state index contributed by atoms with van der Waals surface area (Å²) in [5.74, 6) is 1.84. The molecule has 0 radical (unpaired) electrons. The number of fused-ring (bicyclic) bond motifs is 2. The molecule has 106 valence electrons. The van der Waals surface area contributed by atoms with Crippen LogP contribution in [0.3, 0.4) is 0 Å².